The lowest BCUT2D eigenvalue weighted by Gasteiger charge is -2.02. The lowest BCUT2D eigenvalue weighted by Crippen LogP contribution is -2.17. The number of pyridine rings is 1. The van der Waals surface area contributed by atoms with Crippen molar-refractivity contribution in [3.05, 3.63) is 47.2 Å². The number of nitrogens with one attached hydrogen (secondary N) is 1. The maximum atomic E-state index is 11.6. The number of amides is 1. The topological polar surface area (TPSA) is 97.1 Å². The van der Waals surface area contributed by atoms with Crippen LogP contribution in [0.1, 0.15) is 10.4 Å². The molecule has 0 saturated heterocycles. The molecule has 0 aliphatic carbocycles. The molecule has 0 aliphatic heterocycles. The molecule has 0 radical (unpaired) electrons. The van der Waals surface area contributed by atoms with Crippen molar-refractivity contribution >= 4 is 34.5 Å². The van der Waals surface area contributed by atoms with E-state index in [1.165, 1.54) is 6.20 Å². The first-order valence-electron chi connectivity index (χ1n) is 6.61. The highest BCUT2D eigenvalue weighted by atomic mass is 35.5. The van der Waals surface area contributed by atoms with Crippen LogP contribution in [0.4, 0.5) is 4.79 Å². The second-order valence-corrected chi connectivity index (χ2v) is 5.11. The second kappa shape index (κ2) is 5.69. The fourth-order valence-electron chi connectivity index (χ4n) is 2.27. The summed E-state index contributed by atoms with van der Waals surface area (Å²) in [4.78, 5) is 26.8. The molecule has 0 fully saturated rings. The fourth-order valence-corrected chi connectivity index (χ4v) is 2.43. The number of hydrogen-bond donors (Lipinski definition) is 2. The lowest BCUT2D eigenvalue weighted by molar-refractivity contribution is 0.0963. The van der Waals surface area contributed by atoms with Gasteiger partial charge in [-0.05, 0) is 18.2 Å². The Kier molecular flexibility index (Phi) is 3.71. The summed E-state index contributed by atoms with van der Waals surface area (Å²) in [7, 11) is 1.55. The first kappa shape index (κ1) is 15.0. The van der Waals surface area contributed by atoms with Crippen molar-refractivity contribution in [1.82, 2.24) is 20.1 Å². The maximum Gasteiger partial charge on any atom is 0.432 e. The largest absolute Gasteiger partial charge is 0.463 e. The van der Waals surface area contributed by atoms with Gasteiger partial charge in [-0.15, -0.1) is 0 Å². The van der Waals surface area contributed by atoms with Crippen LogP contribution in [0.3, 0.4) is 0 Å². The molecule has 8 heteroatoms. The highest BCUT2D eigenvalue weighted by molar-refractivity contribution is 6.30. The van der Waals surface area contributed by atoms with E-state index in [0.717, 1.165) is 4.68 Å². The number of carboxylic acid groups (broad SMARTS) is 1. The van der Waals surface area contributed by atoms with Crippen LogP contribution in [0.15, 0.2) is 36.5 Å². The molecule has 0 bridgehead atoms. The Balaban J connectivity index is 2.17. The number of aromatic nitrogens is 3. The fraction of sp³-hybridized carbons (Fsp3) is 0.0667. The lowest BCUT2D eigenvalue weighted by atomic mass is 10.1. The van der Waals surface area contributed by atoms with Crippen molar-refractivity contribution < 1.29 is 14.7 Å². The Morgan fingerprint density at radius 1 is 1.26 bits per heavy atom. The standard InChI is InChI=1S/C15H11ClN4O3/c1-17-14(21)9-4-2-8(3-5-9)13-10-6-12(16)18-7-11(10)20(19-13)15(22)23/h2-7H,1H3,(H,17,21)(H,22,23). The van der Waals surface area contributed by atoms with E-state index in [1.54, 1.807) is 37.4 Å². The summed E-state index contributed by atoms with van der Waals surface area (Å²) in [6.45, 7) is 0. The molecule has 2 aromatic heterocycles. The summed E-state index contributed by atoms with van der Waals surface area (Å²) < 4.78 is 0.848. The van der Waals surface area contributed by atoms with Crippen LogP contribution in [-0.2, 0) is 0 Å². The summed E-state index contributed by atoms with van der Waals surface area (Å²) in [5.74, 6) is -0.204. The number of rotatable bonds is 2. The van der Waals surface area contributed by atoms with Crippen LogP contribution in [0.2, 0.25) is 5.15 Å². The van der Waals surface area contributed by atoms with Crippen LogP contribution in [0, 0.1) is 0 Å². The summed E-state index contributed by atoms with van der Waals surface area (Å²) in [6.07, 6.45) is 0.147. The molecule has 1 aromatic carbocycles. The molecule has 2 heterocycles. The molecule has 3 rings (SSSR count). The summed E-state index contributed by atoms with van der Waals surface area (Å²) in [5, 5.41) is 16.7. The van der Waals surface area contributed by atoms with Crippen molar-refractivity contribution in [3.63, 3.8) is 0 Å². The van der Waals surface area contributed by atoms with Crippen LogP contribution >= 0.6 is 11.6 Å². The van der Waals surface area contributed by atoms with E-state index in [1.807, 2.05) is 0 Å². The number of carbonyl (C=O) groups excluding carboxylic acids is 1. The van der Waals surface area contributed by atoms with E-state index in [2.05, 4.69) is 15.4 Å². The maximum absolute atomic E-state index is 11.6. The summed E-state index contributed by atoms with van der Waals surface area (Å²) in [6, 6.07) is 8.25. The van der Waals surface area contributed by atoms with Crippen LogP contribution in [-0.4, -0.2) is 38.9 Å². The average molecular weight is 331 g/mol. The molecule has 7 nitrogen and oxygen atoms in total. The third kappa shape index (κ3) is 2.62. The van der Waals surface area contributed by atoms with E-state index in [-0.39, 0.29) is 11.1 Å². The van der Waals surface area contributed by atoms with Gasteiger partial charge in [-0.1, -0.05) is 23.7 Å². The van der Waals surface area contributed by atoms with Gasteiger partial charge in [0.2, 0.25) is 0 Å². The number of fused-ring (bicyclic) bond motifs is 1. The van der Waals surface area contributed by atoms with Gasteiger partial charge in [-0.3, -0.25) is 4.79 Å². The van der Waals surface area contributed by atoms with Crippen molar-refractivity contribution in [2.45, 2.75) is 0 Å². The molecular weight excluding hydrogens is 320 g/mol. The second-order valence-electron chi connectivity index (χ2n) is 4.72. The highest BCUT2D eigenvalue weighted by Crippen LogP contribution is 2.29. The smallest absolute Gasteiger partial charge is 0.432 e. The molecule has 1 amide bonds. The minimum Gasteiger partial charge on any atom is -0.463 e. The zero-order valence-electron chi connectivity index (χ0n) is 11.9. The molecule has 23 heavy (non-hydrogen) atoms. The molecule has 0 spiro atoms. The van der Waals surface area contributed by atoms with Crippen LogP contribution in [0.25, 0.3) is 22.2 Å². The van der Waals surface area contributed by atoms with E-state index >= 15 is 0 Å². The Bertz CT molecular complexity index is 918. The van der Waals surface area contributed by atoms with E-state index < -0.39 is 6.09 Å². The Labute approximate surface area is 135 Å². The van der Waals surface area contributed by atoms with Gasteiger partial charge in [0.25, 0.3) is 5.91 Å². The number of halogens is 1. The van der Waals surface area contributed by atoms with Gasteiger partial charge in [-0.25, -0.2) is 9.78 Å². The van der Waals surface area contributed by atoms with Gasteiger partial charge < -0.3 is 10.4 Å². The minimum atomic E-state index is -1.22. The van der Waals surface area contributed by atoms with Gasteiger partial charge >= 0.3 is 6.09 Å². The average Bonchev–Trinajstić information content (AvgIpc) is 2.93. The third-order valence-corrected chi connectivity index (χ3v) is 3.57. The Morgan fingerprint density at radius 2 is 1.96 bits per heavy atom. The quantitative estimate of drug-likeness (QED) is 0.704. The van der Waals surface area contributed by atoms with Gasteiger partial charge in [0.15, 0.2) is 0 Å². The number of nitrogens with zero attached hydrogens (tertiary/aromatic N) is 3. The zero-order valence-corrected chi connectivity index (χ0v) is 12.7. The molecule has 0 unspecified atom stereocenters. The first-order chi connectivity index (χ1) is 11.0. The summed E-state index contributed by atoms with van der Waals surface area (Å²) >= 11 is 5.90. The van der Waals surface area contributed by atoms with Gasteiger partial charge in [0.05, 0.1) is 11.7 Å². The van der Waals surface area contributed by atoms with E-state index in [0.29, 0.717) is 27.7 Å². The Hall–Kier alpha value is -2.93. The molecule has 0 saturated carbocycles. The predicted octanol–water partition coefficient (Wildman–Crippen LogP) is 2.64. The normalized spacial score (nSPS) is 10.7. The SMILES string of the molecule is CNC(=O)c1ccc(-c2nn(C(=O)O)c3cnc(Cl)cc23)cc1. The summed E-state index contributed by atoms with van der Waals surface area (Å²) in [5.41, 5.74) is 1.96. The Morgan fingerprint density at radius 3 is 2.57 bits per heavy atom. The van der Waals surface area contributed by atoms with Gasteiger partial charge in [-0.2, -0.15) is 9.78 Å². The van der Waals surface area contributed by atoms with Gasteiger partial charge in [0, 0.05) is 23.6 Å². The van der Waals surface area contributed by atoms with Gasteiger partial charge in [0.1, 0.15) is 10.8 Å². The molecule has 3 aromatic rings. The molecule has 116 valence electrons. The van der Waals surface area contributed by atoms with Crippen molar-refractivity contribution in [3.8, 4) is 11.3 Å². The van der Waals surface area contributed by atoms with E-state index in [9.17, 15) is 14.7 Å². The molecule has 0 aliphatic rings. The zero-order chi connectivity index (χ0) is 16.6. The van der Waals surface area contributed by atoms with Crippen molar-refractivity contribution in [2.24, 2.45) is 0 Å². The van der Waals surface area contributed by atoms with Crippen LogP contribution < -0.4 is 5.32 Å². The molecule has 2 N–H and O–H groups in total. The number of carbonyl (C=O) groups is 2. The van der Waals surface area contributed by atoms with Crippen molar-refractivity contribution in [2.75, 3.05) is 7.05 Å². The van der Waals surface area contributed by atoms with Crippen molar-refractivity contribution in [1.29, 1.82) is 0 Å². The van der Waals surface area contributed by atoms with E-state index in [4.69, 9.17) is 11.6 Å². The molecular formula is C15H11ClN4O3. The monoisotopic (exact) mass is 330 g/mol. The molecule has 0 atom stereocenters. The van der Waals surface area contributed by atoms with Crippen LogP contribution in [0.5, 0.6) is 0 Å². The predicted molar refractivity (Wildman–Crippen MR) is 84.8 cm³/mol. The minimum absolute atomic E-state index is 0.204. The highest BCUT2D eigenvalue weighted by Gasteiger charge is 2.17. The first-order valence-corrected chi connectivity index (χ1v) is 6.99. The number of benzene rings is 1. The third-order valence-electron chi connectivity index (χ3n) is 3.36. The number of hydrogen-bond acceptors (Lipinski definition) is 4.